The molecule has 1 saturated heterocycles. The molecule has 2 fully saturated rings. The van der Waals surface area contributed by atoms with Gasteiger partial charge < -0.3 is 5.11 Å². The molecule has 3 aromatic rings. The predicted octanol–water partition coefficient (Wildman–Crippen LogP) is 5.07. The Labute approximate surface area is 183 Å². The van der Waals surface area contributed by atoms with Crippen molar-refractivity contribution < 1.29 is 9.90 Å². The molecule has 1 aliphatic heterocycles. The predicted molar refractivity (Wildman–Crippen MR) is 121 cm³/mol. The largest absolute Gasteiger partial charge is 0.481 e. The van der Waals surface area contributed by atoms with E-state index in [1.807, 2.05) is 6.07 Å². The maximum absolute atomic E-state index is 13.1. The van der Waals surface area contributed by atoms with E-state index in [0.717, 1.165) is 25.9 Å². The van der Waals surface area contributed by atoms with E-state index < -0.39 is 11.4 Å². The highest BCUT2D eigenvalue weighted by Crippen LogP contribution is 2.68. The molecule has 3 nitrogen and oxygen atoms in total. The molecule has 1 saturated carbocycles. The second kappa shape index (κ2) is 6.80. The minimum absolute atomic E-state index is 0.0669. The summed E-state index contributed by atoms with van der Waals surface area (Å²) in [6.07, 6.45) is 1.96. The van der Waals surface area contributed by atoms with Crippen molar-refractivity contribution >= 4 is 5.97 Å². The number of hydrogen-bond donors (Lipinski definition) is 1. The van der Waals surface area contributed by atoms with Gasteiger partial charge in [0.2, 0.25) is 0 Å². The summed E-state index contributed by atoms with van der Waals surface area (Å²) in [6, 6.07) is 29.8. The minimum atomic E-state index is -0.739. The molecule has 4 atom stereocenters. The van der Waals surface area contributed by atoms with Crippen molar-refractivity contribution in [1.82, 2.24) is 4.90 Å². The van der Waals surface area contributed by atoms with Crippen molar-refractivity contribution in [1.29, 1.82) is 0 Å². The molecule has 3 aliphatic carbocycles. The lowest BCUT2D eigenvalue weighted by molar-refractivity contribution is -0.157. The third-order valence-electron chi connectivity index (χ3n) is 8.34. The van der Waals surface area contributed by atoms with E-state index >= 15 is 0 Å². The topological polar surface area (TPSA) is 40.5 Å². The summed E-state index contributed by atoms with van der Waals surface area (Å²) < 4.78 is 0. The van der Waals surface area contributed by atoms with Gasteiger partial charge in [-0.05, 0) is 35.1 Å². The van der Waals surface area contributed by atoms with Crippen LogP contribution < -0.4 is 0 Å². The molecule has 4 aliphatic rings. The summed E-state index contributed by atoms with van der Waals surface area (Å²) in [5, 5.41) is 10.8. The van der Waals surface area contributed by atoms with Crippen LogP contribution in [0.1, 0.15) is 41.0 Å². The van der Waals surface area contributed by atoms with Gasteiger partial charge in [-0.1, -0.05) is 84.9 Å². The molecule has 0 spiro atoms. The molecule has 1 N–H and O–H groups in total. The van der Waals surface area contributed by atoms with Gasteiger partial charge in [-0.3, -0.25) is 9.69 Å². The monoisotopic (exact) mass is 409 g/mol. The fourth-order valence-corrected chi connectivity index (χ4v) is 7.25. The SMILES string of the molecule is O=C(O)C12CN(Cc3ccccc3)CC1C1(c3ccccc3)CCC2c2ccccc21. The molecule has 0 amide bonds. The van der Waals surface area contributed by atoms with Gasteiger partial charge in [0.15, 0.2) is 0 Å². The van der Waals surface area contributed by atoms with Gasteiger partial charge in [0.05, 0.1) is 5.41 Å². The molecule has 1 heterocycles. The number of aliphatic carboxylic acids is 1. The zero-order valence-corrected chi connectivity index (χ0v) is 17.6. The fourth-order valence-electron chi connectivity index (χ4n) is 7.25. The number of hydrogen-bond acceptors (Lipinski definition) is 2. The summed E-state index contributed by atoms with van der Waals surface area (Å²) in [6.45, 7) is 2.25. The van der Waals surface area contributed by atoms with E-state index in [4.69, 9.17) is 0 Å². The molecule has 31 heavy (non-hydrogen) atoms. The average Bonchev–Trinajstić information content (AvgIpc) is 3.22. The number of benzene rings is 3. The second-order valence-corrected chi connectivity index (χ2v) is 9.57. The molecule has 0 aromatic heterocycles. The maximum atomic E-state index is 13.1. The maximum Gasteiger partial charge on any atom is 0.311 e. The molecule has 0 radical (unpaired) electrons. The number of carboxylic acids is 1. The van der Waals surface area contributed by atoms with Gasteiger partial charge >= 0.3 is 5.97 Å². The van der Waals surface area contributed by atoms with Crippen LogP contribution in [-0.2, 0) is 16.8 Å². The minimum Gasteiger partial charge on any atom is -0.481 e. The zero-order chi connectivity index (χ0) is 21.1. The van der Waals surface area contributed by atoms with Crippen molar-refractivity contribution in [3.63, 3.8) is 0 Å². The van der Waals surface area contributed by atoms with Gasteiger partial charge in [-0.2, -0.15) is 0 Å². The summed E-state index contributed by atoms with van der Waals surface area (Å²) in [5.41, 5.74) is 4.17. The summed E-state index contributed by atoms with van der Waals surface area (Å²) >= 11 is 0. The quantitative estimate of drug-likeness (QED) is 0.654. The highest BCUT2D eigenvalue weighted by atomic mass is 16.4. The van der Waals surface area contributed by atoms with Gasteiger partial charge in [0.1, 0.15) is 0 Å². The van der Waals surface area contributed by atoms with Crippen molar-refractivity contribution in [2.24, 2.45) is 11.3 Å². The van der Waals surface area contributed by atoms with Gasteiger partial charge in [-0.25, -0.2) is 0 Å². The Kier molecular flexibility index (Phi) is 4.13. The number of carbonyl (C=O) groups is 1. The first-order chi connectivity index (χ1) is 15.2. The molecule has 7 rings (SSSR count). The fraction of sp³-hybridized carbons (Fsp3) is 0.321. The normalized spacial score (nSPS) is 31.2. The van der Waals surface area contributed by atoms with Crippen LogP contribution in [0.4, 0.5) is 0 Å². The molecular formula is C28H27NO2. The zero-order valence-electron chi connectivity index (χ0n) is 17.6. The lowest BCUT2D eigenvalue weighted by atomic mass is 9.42. The van der Waals surface area contributed by atoms with E-state index in [2.05, 4.69) is 83.8 Å². The van der Waals surface area contributed by atoms with E-state index in [1.165, 1.54) is 22.3 Å². The van der Waals surface area contributed by atoms with Gasteiger partial charge in [0.25, 0.3) is 0 Å². The number of likely N-dealkylation sites (tertiary alicyclic amines) is 1. The third-order valence-corrected chi connectivity index (χ3v) is 8.34. The Hall–Kier alpha value is -2.91. The Balaban J connectivity index is 1.54. The molecule has 3 heteroatoms. The standard InChI is InChI=1S/C28H27NO2/c30-26(31)28-19-29(17-20-9-3-1-4-10-20)18-25(28)27(21-11-5-2-6-12-21)16-15-24(28)22-13-7-8-14-23(22)27/h1-14,24-25H,15-19H2,(H,30,31). The highest BCUT2D eigenvalue weighted by molar-refractivity contribution is 5.80. The first-order valence-electron chi connectivity index (χ1n) is 11.3. The Morgan fingerprint density at radius 3 is 2.35 bits per heavy atom. The Bertz CT molecular complexity index is 1130. The van der Waals surface area contributed by atoms with Crippen LogP contribution >= 0.6 is 0 Å². The van der Waals surface area contributed by atoms with Crippen LogP contribution in [0.25, 0.3) is 0 Å². The number of rotatable bonds is 4. The lowest BCUT2D eigenvalue weighted by Crippen LogP contribution is -2.60. The third kappa shape index (κ3) is 2.47. The van der Waals surface area contributed by atoms with Crippen molar-refractivity contribution in [2.45, 2.75) is 30.7 Å². The number of nitrogens with zero attached hydrogens (tertiary/aromatic N) is 1. The second-order valence-electron chi connectivity index (χ2n) is 9.57. The molecule has 4 unspecified atom stereocenters. The smallest absolute Gasteiger partial charge is 0.311 e. The summed E-state index contributed by atoms with van der Waals surface area (Å²) in [4.78, 5) is 15.5. The average molecular weight is 410 g/mol. The van der Waals surface area contributed by atoms with Crippen molar-refractivity contribution in [3.05, 3.63) is 107 Å². The first kappa shape index (κ1) is 18.8. The van der Waals surface area contributed by atoms with E-state index in [-0.39, 0.29) is 17.3 Å². The van der Waals surface area contributed by atoms with Crippen LogP contribution in [0.15, 0.2) is 84.9 Å². The Morgan fingerprint density at radius 1 is 0.935 bits per heavy atom. The number of fused-ring (bicyclic) bond motifs is 1. The number of carboxylic acid groups (broad SMARTS) is 1. The van der Waals surface area contributed by atoms with Crippen LogP contribution in [0.3, 0.4) is 0 Å². The first-order valence-corrected chi connectivity index (χ1v) is 11.3. The highest BCUT2D eigenvalue weighted by Gasteiger charge is 2.70. The van der Waals surface area contributed by atoms with Crippen LogP contribution in [0.5, 0.6) is 0 Å². The lowest BCUT2D eigenvalue weighted by Gasteiger charge is -2.59. The molecule has 2 bridgehead atoms. The summed E-state index contributed by atoms with van der Waals surface area (Å²) in [5.74, 6) is -0.470. The van der Waals surface area contributed by atoms with Gasteiger partial charge in [0, 0.05) is 36.9 Å². The molecule has 3 aromatic carbocycles. The molecular weight excluding hydrogens is 382 g/mol. The van der Waals surface area contributed by atoms with E-state index in [9.17, 15) is 9.90 Å². The summed E-state index contributed by atoms with van der Waals surface area (Å²) in [7, 11) is 0. The Morgan fingerprint density at radius 2 is 1.61 bits per heavy atom. The van der Waals surface area contributed by atoms with Crippen molar-refractivity contribution in [3.8, 4) is 0 Å². The van der Waals surface area contributed by atoms with Gasteiger partial charge in [-0.15, -0.1) is 0 Å². The van der Waals surface area contributed by atoms with Crippen LogP contribution in [-0.4, -0.2) is 29.1 Å². The van der Waals surface area contributed by atoms with Crippen molar-refractivity contribution in [2.75, 3.05) is 13.1 Å². The van der Waals surface area contributed by atoms with Crippen LogP contribution in [0, 0.1) is 11.3 Å². The molecule has 156 valence electrons. The van der Waals surface area contributed by atoms with E-state index in [1.54, 1.807) is 0 Å². The van der Waals surface area contributed by atoms with Crippen LogP contribution in [0.2, 0.25) is 0 Å². The van der Waals surface area contributed by atoms with E-state index in [0.29, 0.717) is 6.54 Å².